The van der Waals surface area contributed by atoms with E-state index in [-0.39, 0.29) is 6.10 Å². The lowest BCUT2D eigenvalue weighted by molar-refractivity contribution is -0.0426. The number of aromatic amines is 1. The van der Waals surface area contributed by atoms with Crippen molar-refractivity contribution in [1.29, 1.82) is 0 Å². The molecule has 1 aromatic rings. The van der Waals surface area contributed by atoms with Crippen molar-refractivity contribution in [2.45, 2.75) is 65.4 Å². The summed E-state index contributed by atoms with van der Waals surface area (Å²) in [6.07, 6.45) is 14.0. The van der Waals surface area contributed by atoms with E-state index in [4.69, 9.17) is 0 Å². The first kappa shape index (κ1) is 16.9. The fourth-order valence-electron chi connectivity index (χ4n) is 7.49. The summed E-state index contributed by atoms with van der Waals surface area (Å²) in [5.41, 5.74) is 5.12. The van der Waals surface area contributed by atoms with Crippen LogP contribution in [0.5, 0.6) is 0 Å². The molecule has 140 valence electrons. The molecule has 0 radical (unpaired) electrons. The van der Waals surface area contributed by atoms with Crippen molar-refractivity contribution in [2.75, 3.05) is 0 Å². The van der Waals surface area contributed by atoms with Gasteiger partial charge in [-0.1, -0.05) is 38.5 Å². The fourth-order valence-corrected chi connectivity index (χ4v) is 7.49. The summed E-state index contributed by atoms with van der Waals surface area (Å²) in [5, 5.41) is 10.2. The maximum Gasteiger partial charge on any atom is 0.0577 e. The zero-order valence-corrected chi connectivity index (χ0v) is 16.5. The van der Waals surface area contributed by atoms with Gasteiger partial charge in [-0.05, 0) is 90.7 Å². The van der Waals surface area contributed by atoms with Gasteiger partial charge in [0.25, 0.3) is 0 Å². The number of rotatable bonds is 1. The predicted octanol–water partition coefficient (Wildman–Crippen LogP) is 5.58. The average Bonchev–Trinajstić information content (AvgIpc) is 3.23. The van der Waals surface area contributed by atoms with Crippen LogP contribution in [-0.4, -0.2) is 16.2 Å². The van der Waals surface area contributed by atoms with Gasteiger partial charge in [0.05, 0.1) is 6.10 Å². The summed E-state index contributed by atoms with van der Waals surface area (Å²) in [5.74, 6) is 2.96. The van der Waals surface area contributed by atoms with Gasteiger partial charge in [0.1, 0.15) is 0 Å². The van der Waals surface area contributed by atoms with Crippen molar-refractivity contribution < 1.29 is 5.11 Å². The number of allylic oxidation sites excluding steroid dienone is 3. The van der Waals surface area contributed by atoms with Gasteiger partial charge >= 0.3 is 0 Å². The van der Waals surface area contributed by atoms with Gasteiger partial charge in [-0.3, -0.25) is 0 Å². The second-order valence-electron chi connectivity index (χ2n) is 10.0. The van der Waals surface area contributed by atoms with E-state index in [1.807, 2.05) is 0 Å². The summed E-state index contributed by atoms with van der Waals surface area (Å²) >= 11 is 0. The Kier molecular flexibility index (Phi) is 3.64. The number of aliphatic hydroxyl groups is 1. The largest absolute Gasteiger partial charge is 0.393 e. The first-order valence-corrected chi connectivity index (χ1v) is 10.7. The van der Waals surface area contributed by atoms with Crippen LogP contribution in [0.2, 0.25) is 0 Å². The molecule has 1 heterocycles. The third kappa shape index (κ3) is 2.14. The van der Waals surface area contributed by atoms with Gasteiger partial charge in [0.15, 0.2) is 0 Å². The van der Waals surface area contributed by atoms with Crippen molar-refractivity contribution in [3.63, 3.8) is 0 Å². The molecule has 0 spiro atoms. The van der Waals surface area contributed by atoms with Crippen LogP contribution in [-0.2, 0) is 0 Å². The molecule has 0 aromatic carbocycles. The van der Waals surface area contributed by atoms with E-state index < -0.39 is 0 Å². The highest BCUT2D eigenvalue weighted by atomic mass is 16.3. The maximum atomic E-state index is 10.2. The number of hydrogen-bond donors (Lipinski definition) is 2. The first-order valence-electron chi connectivity index (χ1n) is 10.7. The molecular formula is C24H33NO. The van der Waals surface area contributed by atoms with E-state index in [1.54, 1.807) is 11.1 Å². The lowest BCUT2D eigenvalue weighted by Crippen LogP contribution is -2.52. The van der Waals surface area contributed by atoms with Crippen LogP contribution in [0.15, 0.2) is 36.1 Å². The van der Waals surface area contributed by atoms with Gasteiger partial charge < -0.3 is 10.1 Å². The van der Waals surface area contributed by atoms with Crippen LogP contribution in [0.3, 0.4) is 0 Å². The number of H-pyrrole nitrogens is 1. The van der Waals surface area contributed by atoms with Crippen LogP contribution in [0.4, 0.5) is 0 Å². The van der Waals surface area contributed by atoms with Gasteiger partial charge in [-0.15, -0.1) is 0 Å². The molecule has 0 aliphatic heterocycles. The summed E-state index contributed by atoms with van der Waals surface area (Å²) in [7, 11) is 0. The number of hydrogen-bond acceptors (Lipinski definition) is 1. The lowest BCUT2D eigenvalue weighted by Gasteiger charge is -2.59. The Labute approximate surface area is 157 Å². The molecule has 0 amide bonds. The Morgan fingerprint density at radius 2 is 1.92 bits per heavy atom. The molecule has 2 fully saturated rings. The standard InChI is InChI=1S/C24H33NO/c1-15-13-16-14-17(26)8-10-23(16,2)20-9-11-24(3)18(21-5-4-12-25-21)6-7-19(24)22(15)20/h4-6,12-13,15,17,19-20,22,25-26H,7-11,14H2,1-3H3/t15?,17?,19-,20+,22-,23-,24+/m0/s1. The first-order chi connectivity index (χ1) is 12.4. The topological polar surface area (TPSA) is 36.0 Å². The molecule has 4 aliphatic carbocycles. The SMILES string of the molecule is CC1C=C2CC(O)CC[C@]2(C)[C@@H]2CC[C@]3(C)C(c4ccc[nH]4)=CC[C@H]3[C@H]12. The smallest absolute Gasteiger partial charge is 0.0577 e. The summed E-state index contributed by atoms with van der Waals surface area (Å²) in [6.45, 7) is 7.50. The Hall–Kier alpha value is -1.28. The highest BCUT2D eigenvalue weighted by molar-refractivity contribution is 5.70. The van der Waals surface area contributed by atoms with Crippen LogP contribution >= 0.6 is 0 Å². The van der Waals surface area contributed by atoms with Crippen molar-refractivity contribution in [3.8, 4) is 0 Å². The molecule has 2 unspecified atom stereocenters. The molecule has 5 rings (SSSR count). The Morgan fingerprint density at radius 3 is 2.69 bits per heavy atom. The van der Waals surface area contributed by atoms with Crippen LogP contribution < -0.4 is 0 Å². The Bertz CT molecular complexity index is 759. The van der Waals surface area contributed by atoms with E-state index in [1.165, 1.54) is 31.4 Å². The Morgan fingerprint density at radius 1 is 1.12 bits per heavy atom. The van der Waals surface area contributed by atoms with E-state index in [9.17, 15) is 5.11 Å². The van der Waals surface area contributed by atoms with Gasteiger partial charge in [0, 0.05) is 11.9 Å². The molecule has 0 bridgehead atoms. The molecule has 1 aromatic heterocycles. The summed E-state index contributed by atoms with van der Waals surface area (Å²) in [6, 6.07) is 4.38. The third-order valence-corrected chi connectivity index (χ3v) is 8.88. The molecule has 4 aliphatic rings. The maximum absolute atomic E-state index is 10.2. The second kappa shape index (κ2) is 5.61. The van der Waals surface area contributed by atoms with Gasteiger partial charge in [-0.25, -0.2) is 0 Å². The van der Waals surface area contributed by atoms with Crippen LogP contribution in [0, 0.1) is 34.5 Å². The van der Waals surface area contributed by atoms with Crippen molar-refractivity contribution in [1.82, 2.24) is 4.98 Å². The number of aromatic nitrogens is 1. The van der Waals surface area contributed by atoms with E-state index >= 15 is 0 Å². The van der Waals surface area contributed by atoms with Crippen LogP contribution in [0.1, 0.15) is 65.0 Å². The molecule has 7 atom stereocenters. The number of fused-ring (bicyclic) bond motifs is 5. The third-order valence-electron chi connectivity index (χ3n) is 8.88. The second-order valence-corrected chi connectivity index (χ2v) is 10.0. The summed E-state index contributed by atoms with van der Waals surface area (Å²) < 4.78 is 0. The minimum atomic E-state index is -0.112. The zero-order valence-electron chi connectivity index (χ0n) is 16.5. The van der Waals surface area contributed by atoms with Crippen LogP contribution in [0.25, 0.3) is 5.57 Å². The van der Waals surface area contributed by atoms with Crippen molar-refractivity contribution in [2.24, 2.45) is 34.5 Å². The van der Waals surface area contributed by atoms with Crippen molar-refractivity contribution >= 4 is 5.57 Å². The lowest BCUT2D eigenvalue weighted by atomic mass is 9.45. The highest BCUT2D eigenvalue weighted by Crippen LogP contribution is 2.67. The van der Waals surface area contributed by atoms with E-state index in [0.29, 0.717) is 16.7 Å². The molecule has 26 heavy (non-hydrogen) atoms. The highest BCUT2D eigenvalue weighted by Gasteiger charge is 2.58. The number of nitrogens with one attached hydrogen (secondary N) is 1. The number of aliphatic hydroxyl groups excluding tert-OH is 1. The van der Waals surface area contributed by atoms with E-state index in [0.717, 1.165) is 30.6 Å². The molecule has 2 N–H and O–H groups in total. The van der Waals surface area contributed by atoms with Gasteiger partial charge in [0.2, 0.25) is 0 Å². The normalized spacial score (nSPS) is 47.5. The average molecular weight is 352 g/mol. The Balaban J connectivity index is 1.52. The van der Waals surface area contributed by atoms with E-state index in [2.05, 4.69) is 56.2 Å². The van der Waals surface area contributed by atoms with Gasteiger partial charge in [-0.2, -0.15) is 0 Å². The predicted molar refractivity (Wildman–Crippen MR) is 106 cm³/mol. The molecular weight excluding hydrogens is 318 g/mol. The molecule has 2 saturated carbocycles. The quantitative estimate of drug-likeness (QED) is 0.637. The fraction of sp³-hybridized carbons (Fsp3) is 0.667. The molecule has 0 saturated heterocycles. The molecule has 2 nitrogen and oxygen atoms in total. The summed E-state index contributed by atoms with van der Waals surface area (Å²) in [4.78, 5) is 3.47. The minimum absolute atomic E-state index is 0.112. The monoisotopic (exact) mass is 351 g/mol. The van der Waals surface area contributed by atoms with Crippen molar-refractivity contribution in [3.05, 3.63) is 41.7 Å². The molecule has 2 heteroatoms. The zero-order chi connectivity index (χ0) is 18.1. The minimum Gasteiger partial charge on any atom is -0.393 e.